The monoisotopic (exact) mass is 178 g/mol. The van der Waals surface area contributed by atoms with Gasteiger partial charge in [-0.05, 0) is 23.6 Å². The molecule has 0 bridgehead atoms. The molecule has 0 spiro atoms. The molecular formula is C11H14O2. The molecule has 1 rings (SSSR count). The van der Waals surface area contributed by atoms with Crippen molar-refractivity contribution in [3.8, 4) is 5.75 Å². The Morgan fingerprint density at radius 2 is 2.23 bits per heavy atom. The van der Waals surface area contributed by atoms with E-state index in [4.69, 9.17) is 0 Å². The van der Waals surface area contributed by atoms with Crippen LogP contribution in [0.2, 0.25) is 0 Å². The van der Waals surface area contributed by atoms with E-state index in [0.29, 0.717) is 12.2 Å². The Morgan fingerprint density at radius 3 is 2.85 bits per heavy atom. The SMILES string of the molecule is CCCc1cc(CC=O)ccc1O. The maximum absolute atomic E-state index is 10.3. The minimum Gasteiger partial charge on any atom is -0.508 e. The predicted molar refractivity (Wildman–Crippen MR) is 51.9 cm³/mol. The lowest BCUT2D eigenvalue weighted by molar-refractivity contribution is -0.107. The number of aldehydes is 1. The van der Waals surface area contributed by atoms with Gasteiger partial charge < -0.3 is 9.90 Å². The van der Waals surface area contributed by atoms with Crippen molar-refractivity contribution in [1.82, 2.24) is 0 Å². The molecular weight excluding hydrogens is 164 g/mol. The molecule has 0 saturated carbocycles. The Labute approximate surface area is 78.2 Å². The van der Waals surface area contributed by atoms with Crippen LogP contribution in [-0.4, -0.2) is 11.4 Å². The molecule has 1 aromatic rings. The van der Waals surface area contributed by atoms with Crippen molar-refractivity contribution < 1.29 is 9.90 Å². The Hall–Kier alpha value is -1.31. The molecule has 0 fully saturated rings. The highest BCUT2D eigenvalue weighted by molar-refractivity contribution is 5.55. The number of phenols is 1. The number of carbonyl (C=O) groups is 1. The normalized spacial score (nSPS) is 9.92. The summed E-state index contributed by atoms with van der Waals surface area (Å²) in [5.41, 5.74) is 1.90. The molecule has 0 aromatic heterocycles. The molecule has 70 valence electrons. The first-order valence-electron chi connectivity index (χ1n) is 4.52. The summed E-state index contributed by atoms with van der Waals surface area (Å²) in [6.45, 7) is 2.06. The molecule has 0 aliphatic rings. The molecule has 0 radical (unpaired) electrons. The zero-order chi connectivity index (χ0) is 9.68. The number of hydrogen-bond donors (Lipinski definition) is 1. The highest BCUT2D eigenvalue weighted by atomic mass is 16.3. The molecule has 0 unspecified atom stereocenters. The summed E-state index contributed by atoms with van der Waals surface area (Å²) >= 11 is 0. The van der Waals surface area contributed by atoms with Crippen LogP contribution in [0.4, 0.5) is 0 Å². The Balaban J connectivity index is 2.89. The van der Waals surface area contributed by atoms with E-state index in [-0.39, 0.29) is 0 Å². The zero-order valence-corrected chi connectivity index (χ0v) is 7.79. The van der Waals surface area contributed by atoms with Crippen molar-refractivity contribution in [2.45, 2.75) is 26.2 Å². The van der Waals surface area contributed by atoms with Crippen LogP contribution in [0.3, 0.4) is 0 Å². The molecule has 1 N–H and O–H groups in total. The summed E-state index contributed by atoms with van der Waals surface area (Å²) in [4.78, 5) is 10.3. The van der Waals surface area contributed by atoms with Gasteiger partial charge in [-0.25, -0.2) is 0 Å². The fourth-order valence-electron chi connectivity index (χ4n) is 1.33. The average Bonchev–Trinajstić information content (AvgIpc) is 2.12. The maximum atomic E-state index is 10.3. The van der Waals surface area contributed by atoms with Gasteiger partial charge in [-0.1, -0.05) is 25.5 Å². The molecule has 0 amide bonds. The second-order valence-electron chi connectivity index (χ2n) is 3.08. The number of hydrogen-bond acceptors (Lipinski definition) is 2. The number of aromatic hydroxyl groups is 1. The van der Waals surface area contributed by atoms with E-state index in [2.05, 4.69) is 6.92 Å². The summed E-state index contributed by atoms with van der Waals surface area (Å²) < 4.78 is 0. The second-order valence-corrected chi connectivity index (χ2v) is 3.08. The van der Waals surface area contributed by atoms with Gasteiger partial charge in [-0.3, -0.25) is 0 Å². The van der Waals surface area contributed by atoms with Gasteiger partial charge in [0, 0.05) is 6.42 Å². The molecule has 2 heteroatoms. The standard InChI is InChI=1S/C11H14O2/c1-2-3-10-8-9(6-7-12)4-5-11(10)13/h4-5,7-8,13H,2-3,6H2,1H3. The van der Waals surface area contributed by atoms with Crippen LogP contribution in [0.1, 0.15) is 24.5 Å². The third-order valence-corrected chi connectivity index (χ3v) is 1.98. The lowest BCUT2D eigenvalue weighted by Gasteiger charge is -2.04. The lowest BCUT2D eigenvalue weighted by atomic mass is 10.0. The van der Waals surface area contributed by atoms with Crippen LogP contribution in [0.15, 0.2) is 18.2 Å². The number of rotatable bonds is 4. The maximum Gasteiger partial charge on any atom is 0.124 e. The van der Waals surface area contributed by atoms with Crippen LogP contribution < -0.4 is 0 Å². The van der Waals surface area contributed by atoms with Gasteiger partial charge in [0.15, 0.2) is 0 Å². The first-order valence-corrected chi connectivity index (χ1v) is 4.52. The van der Waals surface area contributed by atoms with Crippen molar-refractivity contribution in [3.63, 3.8) is 0 Å². The summed E-state index contributed by atoms with van der Waals surface area (Å²) in [6, 6.07) is 5.33. The average molecular weight is 178 g/mol. The highest BCUT2D eigenvalue weighted by Gasteiger charge is 2.01. The molecule has 2 nitrogen and oxygen atoms in total. The van der Waals surface area contributed by atoms with Crippen LogP contribution in [0, 0.1) is 0 Å². The largest absolute Gasteiger partial charge is 0.508 e. The zero-order valence-electron chi connectivity index (χ0n) is 7.79. The molecule has 0 aliphatic carbocycles. The fourth-order valence-corrected chi connectivity index (χ4v) is 1.33. The van der Waals surface area contributed by atoms with Gasteiger partial charge in [-0.15, -0.1) is 0 Å². The Bertz CT molecular complexity index is 292. The molecule has 1 aromatic carbocycles. The lowest BCUT2D eigenvalue weighted by Crippen LogP contribution is -1.90. The van der Waals surface area contributed by atoms with E-state index in [1.54, 1.807) is 12.1 Å². The van der Waals surface area contributed by atoms with Crippen LogP contribution >= 0.6 is 0 Å². The van der Waals surface area contributed by atoms with E-state index in [9.17, 15) is 9.90 Å². The molecule has 0 heterocycles. The first kappa shape index (κ1) is 9.78. The molecule has 0 aliphatic heterocycles. The van der Waals surface area contributed by atoms with Gasteiger partial charge in [-0.2, -0.15) is 0 Å². The molecule has 13 heavy (non-hydrogen) atoms. The quantitative estimate of drug-likeness (QED) is 0.717. The van der Waals surface area contributed by atoms with Gasteiger partial charge in [0.2, 0.25) is 0 Å². The van der Waals surface area contributed by atoms with E-state index in [1.807, 2.05) is 6.07 Å². The van der Waals surface area contributed by atoms with Crippen molar-refractivity contribution in [2.24, 2.45) is 0 Å². The van der Waals surface area contributed by atoms with Gasteiger partial charge in [0.05, 0.1) is 0 Å². The van der Waals surface area contributed by atoms with Crippen molar-refractivity contribution in [2.75, 3.05) is 0 Å². The third-order valence-electron chi connectivity index (χ3n) is 1.98. The van der Waals surface area contributed by atoms with Gasteiger partial charge in [0.25, 0.3) is 0 Å². The van der Waals surface area contributed by atoms with Gasteiger partial charge in [0.1, 0.15) is 12.0 Å². The molecule has 0 atom stereocenters. The van der Waals surface area contributed by atoms with Crippen molar-refractivity contribution in [1.29, 1.82) is 0 Å². The third kappa shape index (κ3) is 2.58. The van der Waals surface area contributed by atoms with Crippen LogP contribution in [0.25, 0.3) is 0 Å². The second kappa shape index (κ2) is 4.65. The topological polar surface area (TPSA) is 37.3 Å². The van der Waals surface area contributed by atoms with Crippen LogP contribution in [0.5, 0.6) is 5.75 Å². The summed E-state index contributed by atoms with van der Waals surface area (Å²) in [5, 5.41) is 9.45. The molecule has 0 saturated heterocycles. The van der Waals surface area contributed by atoms with E-state index in [1.165, 1.54) is 0 Å². The Kier molecular flexibility index (Phi) is 3.50. The number of aryl methyl sites for hydroxylation is 1. The summed E-state index contributed by atoms with van der Waals surface area (Å²) in [5.74, 6) is 0.330. The number of benzene rings is 1. The number of phenolic OH excluding ortho intramolecular Hbond substituents is 1. The summed E-state index contributed by atoms with van der Waals surface area (Å²) in [6.07, 6.45) is 3.16. The number of carbonyl (C=O) groups excluding carboxylic acids is 1. The van der Waals surface area contributed by atoms with Crippen molar-refractivity contribution >= 4 is 6.29 Å². The smallest absolute Gasteiger partial charge is 0.124 e. The highest BCUT2D eigenvalue weighted by Crippen LogP contribution is 2.19. The van der Waals surface area contributed by atoms with Crippen molar-refractivity contribution in [3.05, 3.63) is 29.3 Å². The minimum absolute atomic E-state index is 0.330. The van der Waals surface area contributed by atoms with E-state index < -0.39 is 0 Å². The predicted octanol–water partition coefficient (Wildman–Crippen LogP) is 2.09. The summed E-state index contributed by atoms with van der Waals surface area (Å²) in [7, 11) is 0. The van der Waals surface area contributed by atoms with E-state index in [0.717, 1.165) is 30.3 Å². The minimum atomic E-state index is 0.330. The van der Waals surface area contributed by atoms with Gasteiger partial charge >= 0.3 is 0 Å². The van der Waals surface area contributed by atoms with E-state index >= 15 is 0 Å². The Morgan fingerprint density at radius 1 is 1.46 bits per heavy atom. The fraction of sp³-hybridized carbons (Fsp3) is 0.364. The first-order chi connectivity index (χ1) is 6.27. The van der Waals surface area contributed by atoms with Crippen LogP contribution in [-0.2, 0) is 17.6 Å².